The van der Waals surface area contributed by atoms with Gasteiger partial charge >= 0.3 is 0 Å². The first kappa shape index (κ1) is 9.29. The SMILES string of the molecule is O=C(S)[C@@H](O)Cc1ccccc1. The van der Waals surface area contributed by atoms with E-state index in [9.17, 15) is 4.79 Å². The van der Waals surface area contributed by atoms with Crippen LogP contribution in [0.1, 0.15) is 5.56 Å². The third-order valence-electron chi connectivity index (χ3n) is 1.56. The Hall–Kier alpha value is -0.800. The molecule has 12 heavy (non-hydrogen) atoms. The number of thiol groups is 1. The summed E-state index contributed by atoms with van der Waals surface area (Å²) in [6.07, 6.45) is -0.654. The molecule has 1 rings (SSSR count). The van der Waals surface area contributed by atoms with Crippen LogP contribution in [0.2, 0.25) is 0 Å². The van der Waals surface area contributed by atoms with Crippen molar-refractivity contribution >= 4 is 17.7 Å². The minimum absolute atomic E-state index is 0.336. The summed E-state index contributed by atoms with van der Waals surface area (Å²) in [7, 11) is 0. The van der Waals surface area contributed by atoms with E-state index in [1.807, 2.05) is 30.3 Å². The zero-order chi connectivity index (χ0) is 8.97. The van der Waals surface area contributed by atoms with Gasteiger partial charge in [-0.05, 0) is 5.56 Å². The molecule has 0 amide bonds. The largest absolute Gasteiger partial charge is 0.384 e. The van der Waals surface area contributed by atoms with Crippen molar-refractivity contribution in [3.05, 3.63) is 35.9 Å². The Balaban J connectivity index is 2.58. The quantitative estimate of drug-likeness (QED) is 0.685. The Morgan fingerprint density at radius 3 is 2.50 bits per heavy atom. The highest BCUT2D eigenvalue weighted by molar-refractivity contribution is 7.96. The van der Waals surface area contributed by atoms with Crippen LogP contribution in [0.3, 0.4) is 0 Å². The summed E-state index contributed by atoms with van der Waals surface area (Å²) in [6.45, 7) is 0. The summed E-state index contributed by atoms with van der Waals surface area (Å²) in [5.41, 5.74) is 0.937. The van der Waals surface area contributed by atoms with Crippen LogP contribution < -0.4 is 0 Å². The summed E-state index contributed by atoms with van der Waals surface area (Å²) in [5.74, 6) is 0. The first-order valence-corrected chi connectivity index (χ1v) is 4.09. The van der Waals surface area contributed by atoms with Gasteiger partial charge in [0.2, 0.25) is 5.12 Å². The Morgan fingerprint density at radius 1 is 1.42 bits per heavy atom. The fraction of sp³-hybridized carbons (Fsp3) is 0.222. The van der Waals surface area contributed by atoms with E-state index in [-0.39, 0.29) is 0 Å². The lowest BCUT2D eigenvalue weighted by molar-refractivity contribution is -0.118. The average Bonchev–Trinajstić information content (AvgIpc) is 2.06. The van der Waals surface area contributed by atoms with Gasteiger partial charge in [0, 0.05) is 6.42 Å². The van der Waals surface area contributed by atoms with E-state index in [0.29, 0.717) is 6.42 Å². The second-order valence-corrected chi connectivity index (χ2v) is 2.98. The van der Waals surface area contributed by atoms with E-state index in [2.05, 4.69) is 12.6 Å². The van der Waals surface area contributed by atoms with Crippen LogP contribution in [-0.4, -0.2) is 16.3 Å². The molecule has 0 saturated heterocycles. The highest BCUT2D eigenvalue weighted by Gasteiger charge is 2.10. The molecule has 0 unspecified atom stereocenters. The molecule has 3 heteroatoms. The van der Waals surface area contributed by atoms with E-state index < -0.39 is 11.2 Å². The van der Waals surface area contributed by atoms with Crippen LogP contribution in [0.5, 0.6) is 0 Å². The number of hydrogen-bond donors (Lipinski definition) is 2. The van der Waals surface area contributed by atoms with Crippen LogP contribution in [0.4, 0.5) is 0 Å². The second kappa shape index (κ2) is 4.28. The Bertz CT molecular complexity index is 258. The molecule has 0 aliphatic heterocycles. The van der Waals surface area contributed by atoms with Crippen LogP contribution in [0.15, 0.2) is 30.3 Å². The van der Waals surface area contributed by atoms with Gasteiger partial charge in [-0.15, -0.1) is 12.6 Å². The fourth-order valence-electron chi connectivity index (χ4n) is 0.925. The van der Waals surface area contributed by atoms with Gasteiger partial charge in [-0.25, -0.2) is 0 Å². The van der Waals surface area contributed by atoms with E-state index >= 15 is 0 Å². The number of hydrogen-bond acceptors (Lipinski definition) is 2. The number of carbonyl (C=O) groups excluding carboxylic acids is 1. The molecule has 0 heterocycles. The molecular weight excluding hydrogens is 172 g/mol. The lowest BCUT2D eigenvalue weighted by atomic mass is 10.1. The molecule has 0 aliphatic rings. The number of aliphatic hydroxyl groups is 1. The lowest BCUT2D eigenvalue weighted by Gasteiger charge is -2.04. The second-order valence-electron chi connectivity index (χ2n) is 2.54. The first-order valence-electron chi connectivity index (χ1n) is 3.65. The van der Waals surface area contributed by atoms with Crippen molar-refractivity contribution in [2.24, 2.45) is 0 Å². The smallest absolute Gasteiger partial charge is 0.214 e. The summed E-state index contributed by atoms with van der Waals surface area (Å²) in [5, 5.41) is 8.67. The molecule has 0 bridgehead atoms. The van der Waals surface area contributed by atoms with Gasteiger partial charge in [0.25, 0.3) is 0 Å². The maximum absolute atomic E-state index is 10.6. The van der Waals surface area contributed by atoms with E-state index in [1.54, 1.807) is 0 Å². The lowest BCUT2D eigenvalue weighted by Crippen LogP contribution is -2.17. The van der Waals surface area contributed by atoms with Crippen LogP contribution in [0.25, 0.3) is 0 Å². The predicted molar refractivity (Wildman–Crippen MR) is 50.1 cm³/mol. The number of rotatable bonds is 3. The highest BCUT2D eigenvalue weighted by Crippen LogP contribution is 2.04. The van der Waals surface area contributed by atoms with E-state index in [4.69, 9.17) is 5.11 Å². The molecule has 2 nitrogen and oxygen atoms in total. The Labute approximate surface area is 76.6 Å². The molecule has 1 atom stereocenters. The fourth-order valence-corrected chi connectivity index (χ4v) is 1.02. The molecule has 0 aromatic heterocycles. The molecule has 1 aromatic rings. The van der Waals surface area contributed by atoms with Gasteiger partial charge in [0.1, 0.15) is 6.10 Å². The molecule has 0 fully saturated rings. The van der Waals surface area contributed by atoms with Crippen molar-refractivity contribution in [1.82, 2.24) is 0 Å². The van der Waals surface area contributed by atoms with Gasteiger partial charge in [-0.3, -0.25) is 4.79 Å². The zero-order valence-corrected chi connectivity index (χ0v) is 7.37. The topological polar surface area (TPSA) is 37.3 Å². The van der Waals surface area contributed by atoms with Crippen LogP contribution in [0, 0.1) is 0 Å². The van der Waals surface area contributed by atoms with Crippen molar-refractivity contribution in [1.29, 1.82) is 0 Å². The Morgan fingerprint density at radius 2 is 2.00 bits per heavy atom. The predicted octanol–water partition coefficient (Wildman–Crippen LogP) is 1.05. The molecule has 0 aliphatic carbocycles. The summed E-state index contributed by atoms with van der Waals surface area (Å²) in [4.78, 5) is 10.6. The van der Waals surface area contributed by atoms with Gasteiger partial charge in [0.15, 0.2) is 0 Å². The molecule has 0 saturated carbocycles. The van der Waals surface area contributed by atoms with Crippen molar-refractivity contribution in [3.8, 4) is 0 Å². The molecule has 64 valence electrons. The van der Waals surface area contributed by atoms with Crippen molar-refractivity contribution in [2.75, 3.05) is 0 Å². The third kappa shape index (κ3) is 2.68. The minimum Gasteiger partial charge on any atom is -0.384 e. The number of aliphatic hydroxyl groups excluding tert-OH is 1. The van der Waals surface area contributed by atoms with Crippen molar-refractivity contribution in [2.45, 2.75) is 12.5 Å². The monoisotopic (exact) mass is 182 g/mol. The summed E-state index contributed by atoms with van der Waals surface area (Å²) >= 11 is 3.53. The highest BCUT2D eigenvalue weighted by atomic mass is 32.1. The van der Waals surface area contributed by atoms with Gasteiger partial charge in [-0.1, -0.05) is 30.3 Å². The van der Waals surface area contributed by atoms with Crippen molar-refractivity contribution < 1.29 is 9.90 Å². The molecule has 0 radical (unpaired) electrons. The first-order chi connectivity index (χ1) is 5.70. The van der Waals surface area contributed by atoms with E-state index in [1.165, 1.54) is 0 Å². The average molecular weight is 182 g/mol. The van der Waals surface area contributed by atoms with Gasteiger partial charge in [0.05, 0.1) is 0 Å². The van der Waals surface area contributed by atoms with Crippen LogP contribution in [-0.2, 0) is 11.2 Å². The zero-order valence-electron chi connectivity index (χ0n) is 6.47. The molecular formula is C9H10O2S. The standard InChI is InChI=1S/C9H10O2S/c10-8(9(11)12)6-7-4-2-1-3-5-7/h1-5,8,10H,6H2,(H,11,12)/t8-/m0/s1. The number of benzene rings is 1. The summed E-state index contributed by atoms with van der Waals surface area (Å²) in [6, 6.07) is 9.34. The summed E-state index contributed by atoms with van der Waals surface area (Å²) < 4.78 is 0. The number of carbonyl (C=O) groups is 1. The Kier molecular flexibility index (Phi) is 3.31. The normalized spacial score (nSPS) is 12.5. The van der Waals surface area contributed by atoms with Crippen molar-refractivity contribution in [3.63, 3.8) is 0 Å². The maximum Gasteiger partial charge on any atom is 0.214 e. The molecule has 0 spiro atoms. The minimum atomic E-state index is -0.990. The van der Waals surface area contributed by atoms with Gasteiger partial charge in [-0.2, -0.15) is 0 Å². The molecule has 1 N–H and O–H groups in total. The molecule has 1 aromatic carbocycles. The van der Waals surface area contributed by atoms with Crippen LogP contribution >= 0.6 is 12.6 Å². The van der Waals surface area contributed by atoms with E-state index in [0.717, 1.165) is 5.56 Å². The maximum atomic E-state index is 10.6. The van der Waals surface area contributed by atoms with Gasteiger partial charge < -0.3 is 5.11 Å². The third-order valence-corrected chi connectivity index (χ3v) is 1.85.